The predicted octanol–water partition coefficient (Wildman–Crippen LogP) is 4.43. The quantitative estimate of drug-likeness (QED) is 0.192. The third-order valence-electron chi connectivity index (χ3n) is 5.53. The number of carbonyl (C=O) groups excluding carboxylic acids is 2. The van der Waals surface area contributed by atoms with Gasteiger partial charge in [0.1, 0.15) is 11.5 Å². The van der Waals surface area contributed by atoms with Crippen LogP contribution in [0.4, 0.5) is 5.69 Å². The molecule has 1 aromatic heterocycles. The second kappa shape index (κ2) is 12.1. The molecule has 0 saturated carbocycles. The van der Waals surface area contributed by atoms with Gasteiger partial charge in [0.2, 0.25) is 5.91 Å². The number of anilines is 1. The van der Waals surface area contributed by atoms with Crippen LogP contribution in [0.5, 0.6) is 11.5 Å². The summed E-state index contributed by atoms with van der Waals surface area (Å²) in [6, 6.07) is 22.0. The van der Waals surface area contributed by atoms with Gasteiger partial charge in [-0.05, 0) is 72.8 Å². The lowest BCUT2D eigenvalue weighted by molar-refractivity contribution is -0.113. The Balaban J connectivity index is 1.61. The molecule has 194 valence electrons. The number of carbonyl (C=O) groups is 2. The van der Waals surface area contributed by atoms with Gasteiger partial charge in [0, 0.05) is 17.3 Å². The van der Waals surface area contributed by atoms with Crippen molar-refractivity contribution in [2.24, 2.45) is 0 Å². The molecule has 0 saturated heterocycles. The first-order valence-electron chi connectivity index (χ1n) is 11.5. The van der Waals surface area contributed by atoms with Gasteiger partial charge in [0.15, 0.2) is 5.16 Å². The molecule has 38 heavy (non-hydrogen) atoms. The smallest absolute Gasteiger partial charge is 0.337 e. The van der Waals surface area contributed by atoms with Crippen LogP contribution in [0.3, 0.4) is 0 Å². The Morgan fingerprint density at radius 2 is 1.47 bits per heavy atom. The van der Waals surface area contributed by atoms with Crippen LogP contribution in [-0.4, -0.2) is 48.5 Å². The van der Waals surface area contributed by atoms with Crippen molar-refractivity contribution in [3.8, 4) is 28.4 Å². The molecule has 4 aromatic rings. The third-order valence-corrected chi connectivity index (χ3v) is 6.47. The normalized spacial score (nSPS) is 10.5. The maximum Gasteiger partial charge on any atom is 0.337 e. The van der Waals surface area contributed by atoms with E-state index in [0.717, 1.165) is 17.3 Å². The monoisotopic (exact) mass is 531 g/mol. The fraction of sp³-hybridized carbons (Fsp3) is 0.143. The molecule has 0 bridgehead atoms. The number of hydrogen-bond donors (Lipinski definition) is 1. The second-order valence-electron chi connectivity index (χ2n) is 7.93. The van der Waals surface area contributed by atoms with Crippen LogP contribution < -0.4 is 20.3 Å². The summed E-state index contributed by atoms with van der Waals surface area (Å²) >= 11 is 1.13. The topological polar surface area (TPSA) is 109 Å². The number of benzene rings is 3. The summed E-state index contributed by atoms with van der Waals surface area (Å²) in [5, 5.41) is 3.14. The SMILES string of the molecule is COC(=O)c1ccc(NC(=O)CSc2nc(-c3ccc(OC)cc3)cc(=O)n2-c2ccc(OC)cc2)cc1. The van der Waals surface area contributed by atoms with Crippen molar-refractivity contribution < 1.29 is 23.8 Å². The number of aromatic nitrogens is 2. The zero-order valence-corrected chi connectivity index (χ0v) is 21.8. The number of thioether (sulfide) groups is 1. The molecule has 1 amide bonds. The molecule has 0 unspecified atom stereocenters. The molecule has 0 radical (unpaired) electrons. The number of amides is 1. The van der Waals surface area contributed by atoms with Crippen LogP contribution in [-0.2, 0) is 9.53 Å². The minimum atomic E-state index is -0.460. The van der Waals surface area contributed by atoms with Gasteiger partial charge >= 0.3 is 5.97 Å². The summed E-state index contributed by atoms with van der Waals surface area (Å²) < 4.78 is 16.6. The summed E-state index contributed by atoms with van der Waals surface area (Å²) in [5.74, 6) is 0.569. The summed E-state index contributed by atoms with van der Waals surface area (Å²) in [5.41, 5.74) is 2.41. The van der Waals surface area contributed by atoms with Gasteiger partial charge < -0.3 is 19.5 Å². The molecule has 0 atom stereocenters. The number of rotatable bonds is 9. The van der Waals surface area contributed by atoms with Gasteiger partial charge in [-0.25, -0.2) is 9.78 Å². The van der Waals surface area contributed by atoms with Crippen LogP contribution in [0.25, 0.3) is 16.9 Å². The maximum atomic E-state index is 13.3. The Kier molecular flexibility index (Phi) is 8.44. The fourth-order valence-corrected chi connectivity index (χ4v) is 4.39. The molecular weight excluding hydrogens is 506 g/mol. The number of hydrogen-bond acceptors (Lipinski definition) is 8. The number of esters is 1. The fourth-order valence-electron chi connectivity index (χ4n) is 3.57. The van der Waals surface area contributed by atoms with Gasteiger partial charge in [-0.2, -0.15) is 0 Å². The van der Waals surface area contributed by atoms with Crippen LogP contribution >= 0.6 is 11.8 Å². The second-order valence-corrected chi connectivity index (χ2v) is 8.87. The van der Waals surface area contributed by atoms with Crippen LogP contribution in [0, 0.1) is 0 Å². The molecule has 1 N–H and O–H groups in total. The van der Waals surface area contributed by atoms with Gasteiger partial charge in [0.05, 0.1) is 44.0 Å². The Bertz CT molecular complexity index is 1480. The number of nitrogens with zero attached hydrogens (tertiary/aromatic N) is 2. The van der Waals surface area contributed by atoms with Crippen LogP contribution in [0.1, 0.15) is 10.4 Å². The standard InChI is InChI=1S/C28H25N3O6S/c1-35-22-12-6-18(7-13-22)24-16-26(33)31(21-10-14-23(36-2)15-11-21)28(30-24)38-17-25(32)29-20-8-4-19(5-9-20)27(34)37-3/h4-16H,17H2,1-3H3,(H,29,32). The predicted molar refractivity (Wildman–Crippen MR) is 146 cm³/mol. The largest absolute Gasteiger partial charge is 0.497 e. The molecule has 0 spiro atoms. The number of nitrogens with one attached hydrogen (secondary N) is 1. The van der Waals surface area contributed by atoms with Crippen molar-refractivity contribution in [1.29, 1.82) is 0 Å². The van der Waals surface area contributed by atoms with Gasteiger partial charge in [-0.1, -0.05) is 11.8 Å². The highest BCUT2D eigenvalue weighted by molar-refractivity contribution is 7.99. The average molecular weight is 532 g/mol. The Hall–Kier alpha value is -4.57. The highest BCUT2D eigenvalue weighted by Gasteiger charge is 2.15. The molecule has 3 aromatic carbocycles. The molecule has 1 heterocycles. The van der Waals surface area contributed by atoms with Crippen molar-refractivity contribution in [3.63, 3.8) is 0 Å². The Morgan fingerprint density at radius 1 is 0.868 bits per heavy atom. The Labute approximate surface area is 223 Å². The maximum absolute atomic E-state index is 13.3. The first kappa shape index (κ1) is 26.5. The van der Waals surface area contributed by atoms with E-state index in [1.54, 1.807) is 74.9 Å². The van der Waals surface area contributed by atoms with E-state index in [1.807, 2.05) is 12.1 Å². The van der Waals surface area contributed by atoms with Crippen LogP contribution in [0.15, 0.2) is 88.8 Å². The van der Waals surface area contributed by atoms with Crippen molar-refractivity contribution >= 4 is 29.3 Å². The minimum absolute atomic E-state index is 0.00653. The van der Waals surface area contributed by atoms with Crippen molar-refractivity contribution in [2.75, 3.05) is 32.4 Å². The molecule has 0 aliphatic carbocycles. The van der Waals surface area contributed by atoms with Gasteiger partial charge in [-0.15, -0.1) is 0 Å². The van der Waals surface area contributed by atoms with Gasteiger partial charge in [0.25, 0.3) is 5.56 Å². The first-order valence-corrected chi connectivity index (χ1v) is 12.4. The van der Waals surface area contributed by atoms with E-state index in [1.165, 1.54) is 17.7 Å². The number of ether oxygens (including phenoxy) is 3. The lowest BCUT2D eigenvalue weighted by Crippen LogP contribution is -2.22. The number of methoxy groups -OCH3 is 3. The summed E-state index contributed by atoms with van der Waals surface area (Å²) in [4.78, 5) is 42.3. The lowest BCUT2D eigenvalue weighted by atomic mass is 10.1. The molecule has 0 aliphatic heterocycles. The molecular formula is C28H25N3O6S. The lowest BCUT2D eigenvalue weighted by Gasteiger charge is -2.14. The molecule has 4 rings (SSSR count). The van der Waals surface area contributed by atoms with E-state index in [4.69, 9.17) is 19.2 Å². The van der Waals surface area contributed by atoms with E-state index >= 15 is 0 Å². The van der Waals surface area contributed by atoms with Gasteiger partial charge in [-0.3, -0.25) is 14.2 Å². The Morgan fingerprint density at radius 3 is 2.05 bits per heavy atom. The highest BCUT2D eigenvalue weighted by Crippen LogP contribution is 2.25. The van der Waals surface area contributed by atoms with Crippen molar-refractivity contribution in [2.45, 2.75) is 5.16 Å². The first-order chi connectivity index (χ1) is 18.4. The summed E-state index contributed by atoms with van der Waals surface area (Å²) in [6.45, 7) is 0. The molecule has 0 fully saturated rings. The molecule has 0 aliphatic rings. The minimum Gasteiger partial charge on any atom is -0.497 e. The third kappa shape index (κ3) is 6.22. The van der Waals surface area contributed by atoms with E-state index < -0.39 is 5.97 Å². The highest BCUT2D eigenvalue weighted by atomic mass is 32.2. The van der Waals surface area contributed by atoms with E-state index in [9.17, 15) is 14.4 Å². The average Bonchev–Trinajstić information content (AvgIpc) is 2.96. The zero-order valence-electron chi connectivity index (χ0n) is 21.0. The molecule has 10 heteroatoms. The van der Waals surface area contributed by atoms with Crippen molar-refractivity contribution in [1.82, 2.24) is 9.55 Å². The summed E-state index contributed by atoms with van der Waals surface area (Å²) in [6.07, 6.45) is 0. The van der Waals surface area contributed by atoms with E-state index in [0.29, 0.717) is 39.3 Å². The van der Waals surface area contributed by atoms with E-state index in [2.05, 4.69) is 5.32 Å². The van der Waals surface area contributed by atoms with Crippen molar-refractivity contribution in [3.05, 3.63) is 94.8 Å². The van der Waals surface area contributed by atoms with E-state index in [-0.39, 0.29) is 17.2 Å². The molecule has 9 nitrogen and oxygen atoms in total. The summed E-state index contributed by atoms with van der Waals surface area (Å²) in [7, 11) is 4.45. The van der Waals surface area contributed by atoms with Crippen LogP contribution in [0.2, 0.25) is 0 Å². The zero-order chi connectivity index (χ0) is 27.1.